The van der Waals surface area contributed by atoms with E-state index < -0.39 is 17.6 Å². The molecule has 0 bridgehead atoms. The fraction of sp³-hybridized carbons (Fsp3) is 0.179. The number of hydrogen-bond acceptors (Lipinski definition) is 7. The minimum atomic E-state index is -1.19. The monoisotopic (exact) mass is 483 g/mol. The topological polar surface area (TPSA) is 105 Å². The number of ether oxygens (including phenoxy) is 4. The van der Waals surface area contributed by atoms with Gasteiger partial charge in [-0.2, -0.15) is 0 Å². The van der Waals surface area contributed by atoms with Crippen molar-refractivity contribution in [2.24, 2.45) is 10.7 Å². The van der Waals surface area contributed by atoms with Gasteiger partial charge in [0.05, 0.1) is 19.7 Å². The number of methoxy groups -OCH3 is 3. The predicted octanol–water partition coefficient (Wildman–Crippen LogP) is 4.53. The van der Waals surface area contributed by atoms with Crippen molar-refractivity contribution in [3.8, 4) is 23.0 Å². The molecular formula is C28H25N3O5. The molecule has 1 amide bonds. The Kier molecular flexibility index (Phi) is 6.03. The maximum atomic E-state index is 12.6. The second-order valence-electron chi connectivity index (χ2n) is 8.34. The Morgan fingerprint density at radius 2 is 1.67 bits per heavy atom. The average molecular weight is 484 g/mol. The van der Waals surface area contributed by atoms with Crippen molar-refractivity contribution in [2.45, 2.75) is 11.6 Å². The summed E-state index contributed by atoms with van der Waals surface area (Å²) in [5.41, 5.74) is 6.09. The summed E-state index contributed by atoms with van der Waals surface area (Å²) < 4.78 is 22.6. The van der Waals surface area contributed by atoms with Crippen LogP contribution in [0.3, 0.4) is 0 Å². The number of carbonyl (C=O) groups excluding carboxylic acids is 1. The van der Waals surface area contributed by atoms with Crippen LogP contribution in [0.1, 0.15) is 5.56 Å². The van der Waals surface area contributed by atoms with E-state index in [1.165, 1.54) is 7.11 Å². The summed E-state index contributed by atoms with van der Waals surface area (Å²) in [4.78, 5) is 21.3. The first-order valence-corrected chi connectivity index (χ1v) is 11.3. The molecule has 2 heterocycles. The summed E-state index contributed by atoms with van der Waals surface area (Å²) in [6.07, 6.45) is 6.01. The normalized spacial score (nSPS) is 18.9. The summed E-state index contributed by atoms with van der Waals surface area (Å²) in [7, 11) is 4.69. The number of nitrogens with zero attached hydrogens (tertiary/aromatic N) is 2. The third kappa shape index (κ3) is 3.81. The Balaban J connectivity index is 1.52. The molecule has 2 N–H and O–H groups in total. The predicted molar refractivity (Wildman–Crippen MR) is 138 cm³/mol. The Morgan fingerprint density at radius 1 is 0.917 bits per heavy atom. The fourth-order valence-corrected chi connectivity index (χ4v) is 4.56. The van der Waals surface area contributed by atoms with Gasteiger partial charge in [0.1, 0.15) is 16.9 Å². The molecule has 1 aromatic heterocycles. The highest BCUT2D eigenvalue weighted by Gasteiger charge is 2.45. The van der Waals surface area contributed by atoms with E-state index in [1.807, 2.05) is 48.5 Å². The van der Waals surface area contributed by atoms with Gasteiger partial charge in [-0.15, -0.1) is 0 Å². The zero-order chi connectivity index (χ0) is 25.3. The van der Waals surface area contributed by atoms with E-state index in [1.54, 1.807) is 44.8 Å². The first-order chi connectivity index (χ1) is 17.5. The van der Waals surface area contributed by atoms with E-state index in [2.05, 4.69) is 9.98 Å². The highest BCUT2D eigenvalue weighted by molar-refractivity contribution is 5.95. The van der Waals surface area contributed by atoms with Crippen LogP contribution in [-0.4, -0.2) is 44.7 Å². The number of primary amides is 1. The summed E-state index contributed by atoms with van der Waals surface area (Å²) >= 11 is 0. The van der Waals surface area contributed by atoms with Crippen LogP contribution in [0.4, 0.5) is 0 Å². The number of amides is 1. The minimum absolute atomic E-state index is 0.529. The second kappa shape index (κ2) is 9.31. The Morgan fingerprint density at radius 3 is 2.42 bits per heavy atom. The second-order valence-corrected chi connectivity index (χ2v) is 8.34. The first-order valence-electron chi connectivity index (χ1n) is 11.3. The molecule has 0 saturated carbocycles. The molecule has 8 heteroatoms. The molecule has 0 fully saturated rings. The number of aliphatic imine (C=N–C) groups is 1. The Hall–Kier alpha value is -4.43. The van der Waals surface area contributed by atoms with E-state index in [0.29, 0.717) is 28.6 Å². The smallest absolute Gasteiger partial charge is 0.236 e. The number of carbonyl (C=O) groups is 1. The molecule has 0 saturated heterocycles. The van der Waals surface area contributed by atoms with Gasteiger partial charge < -0.3 is 24.7 Å². The maximum Gasteiger partial charge on any atom is 0.236 e. The van der Waals surface area contributed by atoms with Crippen LogP contribution in [0.2, 0.25) is 0 Å². The van der Waals surface area contributed by atoms with Crippen molar-refractivity contribution in [2.75, 3.05) is 21.3 Å². The Labute approximate surface area is 208 Å². The van der Waals surface area contributed by atoms with Gasteiger partial charge in [0.2, 0.25) is 5.91 Å². The van der Waals surface area contributed by atoms with Crippen LogP contribution < -0.4 is 19.9 Å². The summed E-state index contributed by atoms with van der Waals surface area (Å²) in [5.74, 6) is 1.95. The standard InChI is InChI=1S/C28H25N3O5/c1-33-24-15-21-22(16-25(24)34-2)30-12-9-23(21)36-20-8-6-17-13-19(7-5-18(17)14-20)28(26(29)32)10-4-11-31-27(28)35-3/h4-16,27H,1-3H3,(H2,29,32). The van der Waals surface area contributed by atoms with Crippen molar-refractivity contribution < 1.29 is 23.7 Å². The van der Waals surface area contributed by atoms with E-state index in [9.17, 15) is 4.79 Å². The van der Waals surface area contributed by atoms with Gasteiger partial charge in [-0.25, -0.2) is 0 Å². The number of aromatic nitrogens is 1. The number of dihydropyridines is 1. The molecule has 3 aromatic carbocycles. The van der Waals surface area contributed by atoms with Gasteiger partial charge in [-0.3, -0.25) is 14.8 Å². The SMILES string of the molecule is COc1cc2nccc(Oc3ccc4cc(C5(C(N)=O)C=CC=NC5OC)ccc4c3)c2cc1OC. The third-order valence-electron chi connectivity index (χ3n) is 6.41. The van der Waals surface area contributed by atoms with Crippen molar-refractivity contribution >= 4 is 33.8 Å². The van der Waals surface area contributed by atoms with Gasteiger partial charge in [-0.1, -0.05) is 24.3 Å². The summed E-state index contributed by atoms with van der Waals surface area (Å²) in [5, 5.41) is 2.65. The van der Waals surface area contributed by atoms with Gasteiger partial charge in [-0.05, 0) is 52.7 Å². The minimum Gasteiger partial charge on any atom is -0.493 e. The fourth-order valence-electron chi connectivity index (χ4n) is 4.56. The molecule has 182 valence electrons. The number of fused-ring (bicyclic) bond motifs is 2. The van der Waals surface area contributed by atoms with Crippen LogP contribution in [0.5, 0.6) is 23.0 Å². The molecule has 0 radical (unpaired) electrons. The lowest BCUT2D eigenvalue weighted by atomic mass is 9.76. The molecule has 5 rings (SSSR count). The largest absolute Gasteiger partial charge is 0.493 e. The van der Waals surface area contributed by atoms with Crippen molar-refractivity contribution in [3.05, 3.63) is 78.5 Å². The van der Waals surface area contributed by atoms with Gasteiger partial charge in [0.25, 0.3) is 0 Å². The van der Waals surface area contributed by atoms with Crippen molar-refractivity contribution in [1.29, 1.82) is 0 Å². The number of pyridine rings is 1. The van der Waals surface area contributed by atoms with Crippen LogP contribution in [-0.2, 0) is 14.9 Å². The van der Waals surface area contributed by atoms with Crippen LogP contribution in [0.15, 0.2) is 77.9 Å². The number of hydrogen-bond donors (Lipinski definition) is 1. The molecule has 1 aliphatic rings. The van der Waals surface area contributed by atoms with Crippen LogP contribution >= 0.6 is 0 Å². The lowest BCUT2D eigenvalue weighted by Gasteiger charge is -2.34. The van der Waals surface area contributed by atoms with Crippen molar-refractivity contribution in [3.63, 3.8) is 0 Å². The summed E-state index contributed by atoms with van der Waals surface area (Å²) in [6, 6.07) is 16.9. The number of allylic oxidation sites excluding steroid dienone is 1. The highest BCUT2D eigenvalue weighted by atomic mass is 16.5. The molecule has 0 spiro atoms. The molecule has 2 atom stereocenters. The molecule has 4 aromatic rings. The highest BCUT2D eigenvalue weighted by Crippen LogP contribution is 2.39. The molecule has 1 aliphatic heterocycles. The quantitative estimate of drug-likeness (QED) is 0.414. The van der Waals surface area contributed by atoms with Gasteiger partial charge >= 0.3 is 0 Å². The maximum absolute atomic E-state index is 12.6. The number of nitrogens with two attached hydrogens (primary N) is 1. The van der Waals surface area contributed by atoms with E-state index in [0.717, 1.165) is 21.7 Å². The third-order valence-corrected chi connectivity index (χ3v) is 6.41. The molecule has 2 unspecified atom stereocenters. The van der Waals surface area contributed by atoms with Crippen molar-refractivity contribution in [1.82, 2.24) is 4.98 Å². The molecule has 36 heavy (non-hydrogen) atoms. The van der Waals surface area contributed by atoms with E-state index in [-0.39, 0.29) is 0 Å². The number of benzene rings is 3. The first kappa shape index (κ1) is 23.3. The van der Waals surface area contributed by atoms with Gasteiger partial charge in [0, 0.05) is 31.0 Å². The average Bonchev–Trinajstić information content (AvgIpc) is 2.91. The number of rotatable bonds is 7. The summed E-state index contributed by atoms with van der Waals surface area (Å²) in [6.45, 7) is 0. The van der Waals surface area contributed by atoms with Crippen LogP contribution in [0, 0.1) is 0 Å². The van der Waals surface area contributed by atoms with Gasteiger partial charge in [0.15, 0.2) is 17.7 Å². The molecular weight excluding hydrogens is 458 g/mol. The van der Waals surface area contributed by atoms with Crippen LogP contribution in [0.25, 0.3) is 21.7 Å². The van der Waals surface area contributed by atoms with E-state index >= 15 is 0 Å². The zero-order valence-corrected chi connectivity index (χ0v) is 20.1. The van der Waals surface area contributed by atoms with E-state index in [4.69, 9.17) is 24.7 Å². The Bertz CT molecular complexity index is 1530. The molecule has 0 aliphatic carbocycles. The lowest BCUT2D eigenvalue weighted by Crippen LogP contribution is -2.50. The molecule has 8 nitrogen and oxygen atoms in total. The zero-order valence-electron chi connectivity index (χ0n) is 20.1. The lowest BCUT2D eigenvalue weighted by molar-refractivity contribution is -0.126.